The smallest absolute Gasteiger partial charge is 0.325 e. The molecule has 2 rings (SSSR count). The molecule has 0 radical (unpaired) electrons. The predicted molar refractivity (Wildman–Crippen MR) is 102 cm³/mol. The Hall–Kier alpha value is -2.59. The van der Waals surface area contributed by atoms with Gasteiger partial charge >= 0.3 is 6.03 Å². The van der Waals surface area contributed by atoms with Crippen LogP contribution in [0.1, 0.15) is 18.1 Å². The second-order valence-electron chi connectivity index (χ2n) is 6.40. The second-order valence-corrected chi connectivity index (χ2v) is 7.05. The van der Waals surface area contributed by atoms with E-state index in [0.717, 1.165) is 36.4 Å². The van der Waals surface area contributed by atoms with E-state index in [1.807, 2.05) is 0 Å². The molecule has 0 aromatic heterocycles. The maximum Gasteiger partial charge on any atom is 0.325 e. The van der Waals surface area contributed by atoms with Crippen LogP contribution in [0.5, 0.6) is 0 Å². The molecule has 156 valence electrons. The van der Waals surface area contributed by atoms with Crippen LogP contribution in [0.25, 0.3) is 0 Å². The van der Waals surface area contributed by atoms with Gasteiger partial charge in [-0.1, -0.05) is 0 Å². The first-order valence-electron chi connectivity index (χ1n) is 8.58. The highest BCUT2D eigenvalue weighted by molar-refractivity contribution is 7.96. The number of halogens is 4. The van der Waals surface area contributed by atoms with Gasteiger partial charge in [0.1, 0.15) is 29.6 Å². The zero-order valence-corrected chi connectivity index (χ0v) is 16.2. The molecule has 0 aliphatic rings. The van der Waals surface area contributed by atoms with Crippen molar-refractivity contribution >= 4 is 24.5 Å². The van der Waals surface area contributed by atoms with E-state index in [0.29, 0.717) is 11.8 Å². The fraction of sp³-hybridized carbons (Fsp3) is 0.263. The molecule has 5 nitrogen and oxygen atoms in total. The molecule has 0 saturated heterocycles. The van der Waals surface area contributed by atoms with Gasteiger partial charge in [-0.25, -0.2) is 27.1 Å². The number of urea groups is 1. The van der Waals surface area contributed by atoms with E-state index >= 15 is 0 Å². The normalized spacial score (nSPS) is 12.9. The summed E-state index contributed by atoms with van der Waals surface area (Å²) in [5.74, 6) is -2.90. The third-order valence-corrected chi connectivity index (χ3v) is 4.45. The van der Waals surface area contributed by atoms with Crippen LogP contribution in [0.2, 0.25) is 0 Å². The maximum atomic E-state index is 13.2. The fourth-order valence-electron chi connectivity index (χ4n) is 2.64. The summed E-state index contributed by atoms with van der Waals surface area (Å²) in [6, 6.07) is 4.27. The number of aldehydes is 1. The van der Waals surface area contributed by atoms with Crippen LogP contribution in [-0.4, -0.2) is 24.4 Å². The molecule has 0 saturated carbocycles. The Balaban J connectivity index is 1.76. The molecule has 2 aromatic rings. The van der Waals surface area contributed by atoms with Gasteiger partial charge in [0.2, 0.25) is 0 Å². The van der Waals surface area contributed by atoms with Gasteiger partial charge < -0.3 is 10.1 Å². The number of carbonyl (C=O) groups excluding carboxylic acids is 2. The van der Waals surface area contributed by atoms with Crippen LogP contribution in [0, 0.1) is 23.3 Å². The molecule has 3 N–H and O–H groups in total. The van der Waals surface area contributed by atoms with Crippen molar-refractivity contribution < 1.29 is 27.2 Å². The lowest BCUT2D eigenvalue weighted by atomic mass is 10.1. The van der Waals surface area contributed by atoms with Gasteiger partial charge in [-0.2, -0.15) is 0 Å². The third kappa shape index (κ3) is 8.12. The van der Waals surface area contributed by atoms with Crippen LogP contribution in [0.15, 0.2) is 36.4 Å². The van der Waals surface area contributed by atoms with Crippen molar-refractivity contribution in [3.8, 4) is 0 Å². The van der Waals surface area contributed by atoms with E-state index in [2.05, 4.69) is 14.8 Å². The molecular formula is C19H19F4N3O2S. The summed E-state index contributed by atoms with van der Waals surface area (Å²) in [7, 11) is 0. The molecule has 0 aliphatic heterocycles. The molecule has 0 heterocycles. The van der Waals surface area contributed by atoms with E-state index in [-0.39, 0.29) is 18.4 Å². The molecule has 0 aliphatic carbocycles. The molecule has 2 amide bonds. The molecule has 0 fully saturated rings. The van der Waals surface area contributed by atoms with Crippen LogP contribution in [0.3, 0.4) is 0 Å². The van der Waals surface area contributed by atoms with Crippen molar-refractivity contribution in [2.75, 3.05) is 0 Å². The minimum absolute atomic E-state index is 0.0238. The van der Waals surface area contributed by atoms with Crippen molar-refractivity contribution in [2.45, 2.75) is 31.8 Å². The Bertz CT molecular complexity index is 829. The summed E-state index contributed by atoms with van der Waals surface area (Å²) in [5, 5.41) is 2.58. The Labute approximate surface area is 169 Å². The molecule has 1 unspecified atom stereocenters. The molecule has 0 bridgehead atoms. The maximum absolute atomic E-state index is 13.2. The number of benzene rings is 2. The van der Waals surface area contributed by atoms with Crippen molar-refractivity contribution in [1.82, 2.24) is 14.8 Å². The highest BCUT2D eigenvalue weighted by Crippen LogP contribution is 2.11. The predicted octanol–water partition coefficient (Wildman–Crippen LogP) is 3.44. The number of hydrogen-bond acceptors (Lipinski definition) is 4. The van der Waals surface area contributed by atoms with Crippen molar-refractivity contribution in [3.63, 3.8) is 0 Å². The van der Waals surface area contributed by atoms with Crippen molar-refractivity contribution in [1.29, 1.82) is 0 Å². The van der Waals surface area contributed by atoms with Crippen LogP contribution >= 0.6 is 12.1 Å². The summed E-state index contributed by atoms with van der Waals surface area (Å²) in [4.78, 5) is 23.0. The monoisotopic (exact) mass is 429 g/mol. The van der Waals surface area contributed by atoms with Gasteiger partial charge in [0, 0.05) is 30.3 Å². The lowest BCUT2D eigenvalue weighted by Crippen LogP contribution is -2.41. The van der Waals surface area contributed by atoms with Gasteiger partial charge in [-0.05, 0) is 55.2 Å². The molecule has 29 heavy (non-hydrogen) atoms. The highest BCUT2D eigenvalue weighted by atomic mass is 32.2. The molecule has 0 spiro atoms. The van der Waals surface area contributed by atoms with E-state index in [1.54, 1.807) is 6.92 Å². The summed E-state index contributed by atoms with van der Waals surface area (Å²) in [6.45, 7) is 1.66. The summed E-state index contributed by atoms with van der Waals surface area (Å²) >= 11 is 0.724. The van der Waals surface area contributed by atoms with E-state index < -0.39 is 41.4 Å². The quantitative estimate of drug-likeness (QED) is 0.325. The Morgan fingerprint density at radius 3 is 1.90 bits per heavy atom. The lowest BCUT2D eigenvalue weighted by Gasteiger charge is -2.16. The summed E-state index contributed by atoms with van der Waals surface area (Å²) in [6.07, 6.45) is 0.787. The van der Waals surface area contributed by atoms with Crippen LogP contribution in [0.4, 0.5) is 22.4 Å². The zero-order chi connectivity index (χ0) is 21.4. The van der Waals surface area contributed by atoms with Crippen LogP contribution < -0.4 is 14.8 Å². The Morgan fingerprint density at radius 1 is 0.931 bits per heavy atom. The van der Waals surface area contributed by atoms with Crippen molar-refractivity contribution in [3.05, 3.63) is 70.8 Å². The second kappa shape index (κ2) is 10.8. The topological polar surface area (TPSA) is 70.2 Å². The number of carbonyl (C=O) groups is 2. The van der Waals surface area contributed by atoms with E-state index in [1.165, 1.54) is 12.1 Å². The number of hydrogen-bond donors (Lipinski definition) is 3. The molecule has 2 atom stereocenters. The average molecular weight is 429 g/mol. The first-order chi connectivity index (χ1) is 13.7. The summed E-state index contributed by atoms with van der Waals surface area (Å²) < 4.78 is 57.8. The minimum atomic E-state index is -0.797. The minimum Gasteiger partial charge on any atom is -0.335 e. The first-order valence-corrected chi connectivity index (χ1v) is 9.40. The standard InChI is InChI=1S/C19H19F4N3O2S/c1-11(2-12-3-14(20)8-15(21)4-12)24-19(28)26-29-25-18(10-27)7-13-5-16(22)9-17(23)6-13/h3-6,8-11,18,25H,2,7H2,1H3,(H2,24,26,28)/t11?,18-/m0/s1. The third-order valence-electron chi connectivity index (χ3n) is 3.74. The number of amides is 2. The SMILES string of the molecule is CC(Cc1cc(F)cc(F)c1)NC(=O)NSN[C@H](C=O)Cc1cc(F)cc(F)c1. The highest BCUT2D eigenvalue weighted by Gasteiger charge is 2.13. The van der Waals surface area contributed by atoms with Gasteiger partial charge in [0.25, 0.3) is 0 Å². The molecule has 10 heteroatoms. The summed E-state index contributed by atoms with van der Waals surface area (Å²) in [5.41, 5.74) is 0.678. The van der Waals surface area contributed by atoms with Gasteiger partial charge in [0.05, 0.1) is 6.04 Å². The van der Waals surface area contributed by atoms with Crippen LogP contribution in [-0.2, 0) is 17.6 Å². The average Bonchev–Trinajstić information content (AvgIpc) is 2.58. The van der Waals surface area contributed by atoms with E-state index in [4.69, 9.17) is 0 Å². The van der Waals surface area contributed by atoms with Gasteiger partial charge in [0.15, 0.2) is 0 Å². The Kier molecular flexibility index (Phi) is 8.47. The van der Waals surface area contributed by atoms with Gasteiger partial charge in [-0.3, -0.25) is 4.72 Å². The molecule has 2 aromatic carbocycles. The first kappa shape index (κ1) is 22.7. The zero-order valence-electron chi connectivity index (χ0n) is 15.3. The van der Waals surface area contributed by atoms with E-state index in [9.17, 15) is 27.2 Å². The molecular weight excluding hydrogens is 410 g/mol. The largest absolute Gasteiger partial charge is 0.335 e. The Morgan fingerprint density at radius 2 is 1.41 bits per heavy atom. The fourth-order valence-corrected chi connectivity index (χ4v) is 3.14. The van der Waals surface area contributed by atoms with Crippen molar-refractivity contribution in [2.24, 2.45) is 0 Å². The number of nitrogens with one attached hydrogen (secondary N) is 3. The van der Waals surface area contributed by atoms with Gasteiger partial charge in [-0.15, -0.1) is 0 Å². The number of rotatable bonds is 9. The lowest BCUT2D eigenvalue weighted by molar-refractivity contribution is -0.109.